The lowest BCUT2D eigenvalue weighted by atomic mass is 10.2. The molecule has 0 spiro atoms. The Labute approximate surface area is 77.3 Å². The number of quaternary nitrogens is 1. The molecule has 1 aromatic heterocycles. The van der Waals surface area contributed by atoms with E-state index in [1.54, 1.807) is 11.4 Å². The average molecular weight is 204 g/mol. The lowest BCUT2D eigenvalue weighted by Crippen LogP contribution is -2.32. The molecule has 12 heavy (non-hydrogen) atoms. The second-order valence-corrected chi connectivity index (χ2v) is 4.46. The molecule has 1 aliphatic heterocycles. The summed E-state index contributed by atoms with van der Waals surface area (Å²) in [6.45, 7) is 0. The SMILES string of the molecule is [O-][N+]1([O-])SC[C@H](O)c2ccsc21. The van der Waals surface area contributed by atoms with Crippen LogP contribution >= 0.6 is 23.3 Å². The minimum atomic E-state index is -1.66. The van der Waals surface area contributed by atoms with Crippen molar-refractivity contribution in [2.75, 3.05) is 5.75 Å². The van der Waals surface area contributed by atoms with E-state index in [1.165, 1.54) is 0 Å². The Bertz CT molecular complexity index is 299. The summed E-state index contributed by atoms with van der Waals surface area (Å²) in [6.07, 6.45) is -0.662. The molecule has 2 rings (SSSR count). The monoisotopic (exact) mass is 204 g/mol. The molecular weight excluding hydrogens is 198 g/mol. The molecule has 0 radical (unpaired) electrons. The Kier molecular flexibility index (Phi) is 1.90. The van der Waals surface area contributed by atoms with Gasteiger partial charge in [0.1, 0.15) is 6.10 Å². The summed E-state index contributed by atoms with van der Waals surface area (Å²) in [4.78, 5) is 0. The molecule has 1 N–H and O–H groups in total. The van der Waals surface area contributed by atoms with Crippen LogP contribution in [0, 0.1) is 10.4 Å². The van der Waals surface area contributed by atoms with Crippen LogP contribution in [0.3, 0.4) is 0 Å². The summed E-state index contributed by atoms with van der Waals surface area (Å²) in [5.74, 6) is 0.177. The van der Waals surface area contributed by atoms with E-state index in [1.807, 2.05) is 0 Å². The summed E-state index contributed by atoms with van der Waals surface area (Å²) in [5.41, 5.74) is 0.490. The Hall–Kier alpha value is -0.110. The van der Waals surface area contributed by atoms with Gasteiger partial charge >= 0.3 is 0 Å². The molecule has 66 valence electrons. The van der Waals surface area contributed by atoms with Gasteiger partial charge in [0, 0.05) is 0 Å². The molecule has 0 saturated carbocycles. The van der Waals surface area contributed by atoms with Gasteiger partial charge in [-0.25, -0.2) is 0 Å². The highest BCUT2D eigenvalue weighted by atomic mass is 32.2. The van der Waals surface area contributed by atoms with Gasteiger partial charge in [0.15, 0.2) is 0 Å². The molecule has 0 aromatic carbocycles. The van der Waals surface area contributed by atoms with Crippen molar-refractivity contribution in [1.29, 1.82) is 0 Å². The first kappa shape index (κ1) is 8.49. The van der Waals surface area contributed by atoms with Crippen LogP contribution in [0.4, 0.5) is 5.00 Å². The fourth-order valence-electron chi connectivity index (χ4n) is 1.10. The molecule has 0 amide bonds. The smallest absolute Gasteiger partial charge is 0.205 e. The highest BCUT2D eigenvalue weighted by Gasteiger charge is 2.30. The lowest BCUT2D eigenvalue weighted by molar-refractivity contribution is 0.201. The molecule has 1 atom stereocenters. The summed E-state index contributed by atoms with van der Waals surface area (Å²) in [7, 11) is 0. The van der Waals surface area contributed by atoms with E-state index >= 15 is 0 Å². The molecule has 1 aliphatic rings. The fraction of sp³-hybridized carbons (Fsp3) is 0.333. The van der Waals surface area contributed by atoms with Crippen molar-refractivity contribution in [3.05, 3.63) is 27.4 Å². The van der Waals surface area contributed by atoms with E-state index in [0.29, 0.717) is 17.5 Å². The van der Waals surface area contributed by atoms with Gasteiger partial charge in [0.05, 0.1) is 23.3 Å². The average Bonchev–Trinajstić information content (AvgIpc) is 2.46. The van der Waals surface area contributed by atoms with Crippen molar-refractivity contribution in [2.24, 2.45) is 0 Å². The third-order valence-electron chi connectivity index (χ3n) is 1.68. The highest BCUT2D eigenvalue weighted by Crippen LogP contribution is 2.46. The van der Waals surface area contributed by atoms with Gasteiger partial charge in [-0.05, 0) is 11.4 Å². The quantitative estimate of drug-likeness (QED) is 0.397. The largest absolute Gasteiger partial charge is 0.613 e. The highest BCUT2D eigenvalue weighted by molar-refractivity contribution is 7.99. The van der Waals surface area contributed by atoms with Crippen LogP contribution in [-0.2, 0) is 0 Å². The van der Waals surface area contributed by atoms with E-state index in [0.717, 1.165) is 11.3 Å². The van der Waals surface area contributed by atoms with Gasteiger partial charge in [0.2, 0.25) is 5.00 Å². The second kappa shape index (κ2) is 2.69. The van der Waals surface area contributed by atoms with Gasteiger partial charge in [-0.1, -0.05) is 11.3 Å². The molecular formula is C6H6NO3S2-. The first-order valence-corrected chi connectivity index (χ1v) is 5.15. The maximum Gasteiger partial charge on any atom is 0.205 e. The van der Waals surface area contributed by atoms with Crippen LogP contribution in [0.25, 0.3) is 0 Å². The Morgan fingerprint density at radius 2 is 2.33 bits per heavy atom. The third-order valence-corrected chi connectivity index (χ3v) is 3.76. The van der Waals surface area contributed by atoms with Gasteiger partial charge < -0.3 is 15.5 Å². The van der Waals surface area contributed by atoms with E-state index in [2.05, 4.69) is 0 Å². The fourth-order valence-corrected chi connectivity index (χ4v) is 2.94. The summed E-state index contributed by atoms with van der Waals surface area (Å²) in [5, 5.41) is 33.6. The predicted molar refractivity (Wildman–Crippen MR) is 50.3 cm³/mol. The van der Waals surface area contributed by atoms with Crippen molar-refractivity contribution >= 4 is 28.3 Å². The van der Waals surface area contributed by atoms with E-state index in [4.69, 9.17) is 0 Å². The van der Waals surface area contributed by atoms with Gasteiger partial charge in [-0.15, -0.1) is 0 Å². The minimum Gasteiger partial charge on any atom is -0.613 e. The minimum absolute atomic E-state index is 0.166. The van der Waals surface area contributed by atoms with E-state index in [9.17, 15) is 15.5 Å². The zero-order chi connectivity index (χ0) is 8.77. The lowest BCUT2D eigenvalue weighted by Gasteiger charge is -2.45. The van der Waals surface area contributed by atoms with Crippen molar-refractivity contribution in [2.45, 2.75) is 6.10 Å². The normalized spacial score (nSPS) is 26.8. The Morgan fingerprint density at radius 3 is 3.00 bits per heavy atom. The number of aliphatic hydroxyl groups excluding tert-OH is 1. The van der Waals surface area contributed by atoms with Crippen LogP contribution in [0.2, 0.25) is 0 Å². The van der Waals surface area contributed by atoms with E-state index in [-0.39, 0.29) is 10.8 Å². The first-order chi connectivity index (χ1) is 5.61. The zero-order valence-electron chi connectivity index (χ0n) is 5.97. The Morgan fingerprint density at radius 1 is 1.58 bits per heavy atom. The number of hydrogen-bond acceptors (Lipinski definition) is 5. The third kappa shape index (κ3) is 1.17. The zero-order valence-corrected chi connectivity index (χ0v) is 7.60. The summed E-state index contributed by atoms with van der Waals surface area (Å²) < 4.78 is -1.66. The number of rotatable bonds is 0. The van der Waals surface area contributed by atoms with Gasteiger partial charge in [-0.2, -0.15) is 0 Å². The number of hydrogen-bond donors (Lipinski definition) is 1. The molecule has 0 fully saturated rings. The summed E-state index contributed by atoms with van der Waals surface area (Å²) in [6, 6.07) is 1.63. The Balaban J connectivity index is 2.50. The van der Waals surface area contributed by atoms with Crippen molar-refractivity contribution in [1.82, 2.24) is 4.21 Å². The first-order valence-electron chi connectivity index (χ1n) is 3.33. The molecule has 0 saturated heterocycles. The number of thiophene rings is 1. The number of nitrogens with zero attached hydrogens (tertiary/aromatic N) is 1. The van der Waals surface area contributed by atoms with Crippen LogP contribution in [0.1, 0.15) is 11.7 Å². The number of fused-ring (bicyclic) bond motifs is 1. The van der Waals surface area contributed by atoms with Crippen molar-refractivity contribution in [3.8, 4) is 0 Å². The van der Waals surface area contributed by atoms with Gasteiger partial charge in [0.25, 0.3) is 0 Å². The molecule has 0 aliphatic carbocycles. The second-order valence-electron chi connectivity index (χ2n) is 2.49. The van der Waals surface area contributed by atoms with E-state index < -0.39 is 10.3 Å². The molecule has 4 nitrogen and oxygen atoms in total. The predicted octanol–water partition coefficient (Wildman–Crippen LogP) is 1.75. The molecule has 0 bridgehead atoms. The molecule has 6 heteroatoms. The van der Waals surface area contributed by atoms with Crippen LogP contribution in [0.5, 0.6) is 0 Å². The number of aliphatic hydroxyl groups is 1. The molecule has 2 heterocycles. The standard InChI is InChI=1S/C6H6NO3S2/c8-5-3-12-7(9,10)6-4(5)1-2-11-6/h1-2,5,8H,3H2/q-1/t5-/m0/s1. The maximum atomic E-state index is 11.2. The van der Waals surface area contributed by atoms with Crippen LogP contribution < -0.4 is 4.21 Å². The summed E-state index contributed by atoms with van der Waals surface area (Å²) >= 11 is 1.77. The van der Waals surface area contributed by atoms with Crippen molar-refractivity contribution < 1.29 is 5.11 Å². The van der Waals surface area contributed by atoms with Crippen molar-refractivity contribution in [3.63, 3.8) is 0 Å². The molecule has 1 aromatic rings. The van der Waals surface area contributed by atoms with Crippen LogP contribution in [-0.4, -0.2) is 10.9 Å². The van der Waals surface area contributed by atoms with Gasteiger partial charge in [-0.3, -0.25) is 4.21 Å². The topological polar surface area (TPSA) is 66.3 Å². The maximum absolute atomic E-state index is 11.2. The van der Waals surface area contributed by atoms with Crippen LogP contribution in [0.15, 0.2) is 11.4 Å². The molecule has 0 unspecified atom stereocenters.